The monoisotopic (exact) mass is 181 g/mol. The van der Waals surface area contributed by atoms with E-state index in [9.17, 15) is 4.79 Å². The van der Waals surface area contributed by atoms with E-state index in [0.717, 1.165) is 10.6 Å². The fourth-order valence-electron chi connectivity index (χ4n) is 0.881. The van der Waals surface area contributed by atoms with E-state index in [1.807, 2.05) is 31.3 Å². The van der Waals surface area contributed by atoms with Gasteiger partial charge in [0.2, 0.25) is 0 Å². The van der Waals surface area contributed by atoms with Gasteiger partial charge in [-0.25, -0.2) is 0 Å². The molecule has 0 fully saturated rings. The minimum absolute atomic E-state index is 0.114. The lowest BCUT2D eigenvalue weighted by atomic mass is 10.3. The molecule has 0 saturated carbocycles. The van der Waals surface area contributed by atoms with Gasteiger partial charge in [-0.05, 0) is 18.2 Å². The third-order valence-corrected chi connectivity index (χ3v) is 2.16. The van der Waals surface area contributed by atoms with Crippen LogP contribution in [-0.2, 0) is 4.79 Å². The van der Waals surface area contributed by atoms with Gasteiger partial charge in [-0.1, -0.05) is 17.8 Å². The fraction of sp³-hybridized carbons (Fsp3) is 0.222. The van der Waals surface area contributed by atoms with Gasteiger partial charge in [0, 0.05) is 24.6 Å². The van der Waals surface area contributed by atoms with E-state index < -0.39 is 0 Å². The molecule has 0 heterocycles. The van der Waals surface area contributed by atoms with Crippen LogP contribution in [0.2, 0.25) is 0 Å². The smallest absolute Gasteiger partial charge is 0.190 e. The molecule has 0 radical (unpaired) electrons. The van der Waals surface area contributed by atoms with Gasteiger partial charge in [-0.3, -0.25) is 4.79 Å². The molecule has 0 aliphatic rings. The molecule has 0 saturated heterocycles. The van der Waals surface area contributed by atoms with Crippen LogP contribution in [0.15, 0.2) is 29.2 Å². The summed E-state index contributed by atoms with van der Waals surface area (Å²) in [5, 5.41) is 3.13. The molecular weight excluding hydrogens is 170 g/mol. The molecule has 1 N–H and O–H groups in total. The zero-order chi connectivity index (χ0) is 8.97. The molecular formula is C9H11NOS. The van der Waals surface area contributed by atoms with E-state index >= 15 is 0 Å². The molecule has 0 amide bonds. The summed E-state index contributed by atoms with van der Waals surface area (Å²) in [6.45, 7) is 1.57. The topological polar surface area (TPSA) is 29.1 Å². The molecule has 0 bridgehead atoms. The number of rotatable bonds is 2. The molecule has 64 valence electrons. The van der Waals surface area contributed by atoms with E-state index in [2.05, 4.69) is 5.32 Å². The van der Waals surface area contributed by atoms with Crippen molar-refractivity contribution >= 4 is 22.6 Å². The van der Waals surface area contributed by atoms with Crippen molar-refractivity contribution in [3.05, 3.63) is 24.3 Å². The van der Waals surface area contributed by atoms with Gasteiger partial charge in [0.15, 0.2) is 5.12 Å². The second-order valence-electron chi connectivity index (χ2n) is 2.37. The van der Waals surface area contributed by atoms with Crippen LogP contribution in [0.5, 0.6) is 0 Å². The molecule has 0 aromatic heterocycles. The third-order valence-electron chi connectivity index (χ3n) is 1.38. The Morgan fingerprint density at radius 1 is 1.50 bits per heavy atom. The lowest BCUT2D eigenvalue weighted by Gasteiger charge is -2.01. The van der Waals surface area contributed by atoms with Crippen molar-refractivity contribution in [1.29, 1.82) is 0 Å². The average Bonchev–Trinajstić information content (AvgIpc) is 2.03. The molecule has 12 heavy (non-hydrogen) atoms. The molecule has 1 aromatic carbocycles. The number of carbonyl (C=O) groups excluding carboxylic acids is 1. The Kier molecular flexibility index (Phi) is 3.17. The van der Waals surface area contributed by atoms with Crippen molar-refractivity contribution in [3.8, 4) is 0 Å². The van der Waals surface area contributed by atoms with Crippen molar-refractivity contribution in [2.75, 3.05) is 12.4 Å². The van der Waals surface area contributed by atoms with E-state index in [0.29, 0.717) is 0 Å². The second-order valence-corrected chi connectivity index (χ2v) is 3.62. The largest absolute Gasteiger partial charge is 0.388 e. The first kappa shape index (κ1) is 9.13. The summed E-state index contributed by atoms with van der Waals surface area (Å²) in [5.41, 5.74) is 1.03. The fourth-order valence-corrected chi connectivity index (χ4v) is 1.55. The highest BCUT2D eigenvalue weighted by molar-refractivity contribution is 8.13. The first-order valence-corrected chi connectivity index (χ1v) is 4.50. The number of hydrogen-bond donors (Lipinski definition) is 1. The number of hydrogen-bond acceptors (Lipinski definition) is 3. The maximum atomic E-state index is 10.8. The van der Waals surface area contributed by atoms with Gasteiger partial charge < -0.3 is 5.32 Å². The molecule has 0 aliphatic carbocycles. The predicted molar refractivity (Wildman–Crippen MR) is 52.5 cm³/mol. The summed E-state index contributed by atoms with van der Waals surface area (Å²) in [7, 11) is 1.86. The lowest BCUT2D eigenvalue weighted by molar-refractivity contribution is -0.109. The first-order chi connectivity index (χ1) is 5.72. The molecule has 0 spiro atoms. The summed E-state index contributed by atoms with van der Waals surface area (Å²) in [6, 6.07) is 7.76. The Hall–Kier alpha value is -0.960. The van der Waals surface area contributed by atoms with E-state index in [-0.39, 0.29) is 5.12 Å². The van der Waals surface area contributed by atoms with Gasteiger partial charge in [0.1, 0.15) is 0 Å². The number of benzene rings is 1. The minimum Gasteiger partial charge on any atom is -0.388 e. The Morgan fingerprint density at radius 3 is 2.83 bits per heavy atom. The highest BCUT2D eigenvalue weighted by Gasteiger charge is 1.98. The zero-order valence-corrected chi connectivity index (χ0v) is 7.94. The van der Waals surface area contributed by atoms with Crippen molar-refractivity contribution in [1.82, 2.24) is 0 Å². The number of carbonyl (C=O) groups is 1. The van der Waals surface area contributed by atoms with Crippen molar-refractivity contribution in [2.24, 2.45) is 0 Å². The molecule has 3 heteroatoms. The zero-order valence-electron chi connectivity index (χ0n) is 7.13. The average molecular weight is 181 g/mol. The van der Waals surface area contributed by atoms with Crippen molar-refractivity contribution < 1.29 is 4.79 Å². The summed E-state index contributed by atoms with van der Waals surface area (Å²) in [5.74, 6) is 0. The van der Waals surface area contributed by atoms with Gasteiger partial charge in [-0.15, -0.1) is 0 Å². The number of thioether (sulfide) groups is 1. The Labute approximate surface area is 76.4 Å². The van der Waals surface area contributed by atoms with Gasteiger partial charge in [0.05, 0.1) is 0 Å². The quantitative estimate of drug-likeness (QED) is 0.710. The predicted octanol–water partition coefficient (Wildman–Crippen LogP) is 2.37. The highest BCUT2D eigenvalue weighted by atomic mass is 32.2. The van der Waals surface area contributed by atoms with Gasteiger partial charge in [-0.2, -0.15) is 0 Å². The molecule has 1 rings (SSSR count). The maximum absolute atomic E-state index is 10.8. The molecule has 0 atom stereocenters. The first-order valence-electron chi connectivity index (χ1n) is 3.68. The lowest BCUT2D eigenvalue weighted by Crippen LogP contribution is -1.88. The van der Waals surface area contributed by atoms with Crippen LogP contribution in [0.25, 0.3) is 0 Å². The van der Waals surface area contributed by atoms with Crippen LogP contribution in [0.1, 0.15) is 6.92 Å². The maximum Gasteiger partial charge on any atom is 0.190 e. The Morgan fingerprint density at radius 2 is 2.25 bits per heavy atom. The van der Waals surface area contributed by atoms with E-state index in [1.54, 1.807) is 6.92 Å². The Balaban J connectivity index is 2.79. The summed E-state index contributed by atoms with van der Waals surface area (Å²) in [4.78, 5) is 11.7. The third kappa shape index (κ3) is 2.58. The molecule has 2 nitrogen and oxygen atoms in total. The van der Waals surface area contributed by atoms with Gasteiger partial charge >= 0.3 is 0 Å². The standard InChI is InChI=1S/C9H11NOS/c1-7(11)12-9-5-3-4-8(6-9)10-2/h3-6,10H,1-2H3. The number of nitrogens with one attached hydrogen (secondary N) is 1. The van der Waals surface area contributed by atoms with Crippen LogP contribution in [0.4, 0.5) is 5.69 Å². The van der Waals surface area contributed by atoms with Crippen LogP contribution in [0, 0.1) is 0 Å². The van der Waals surface area contributed by atoms with Crippen LogP contribution in [0.3, 0.4) is 0 Å². The summed E-state index contributed by atoms with van der Waals surface area (Å²) < 4.78 is 0. The molecule has 0 aliphatic heterocycles. The number of anilines is 1. The second kappa shape index (κ2) is 4.16. The van der Waals surface area contributed by atoms with E-state index in [4.69, 9.17) is 0 Å². The van der Waals surface area contributed by atoms with E-state index in [1.165, 1.54) is 11.8 Å². The SMILES string of the molecule is CNc1cccc(SC(C)=O)c1. The highest BCUT2D eigenvalue weighted by Crippen LogP contribution is 2.21. The normalized spacial score (nSPS) is 9.50. The Bertz CT molecular complexity index is 286. The molecule has 1 aromatic rings. The van der Waals surface area contributed by atoms with Crippen LogP contribution >= 0.6 is 11.8 Å². The van der Waals surface area contributed by atoms with Crippen LogP contribution < -0.4 is 5.32 Å². The van der Waals surface area contributed by atoms with Crippen molar-refractivity contribution in [2.45, 2.75) is 11.8 Å². The molecule has 0 unspecified atom stereocenters. The van der Waals surface area contributed by atoms with Crippen molar-refractivity contribution in [3.63, 3.8) is 0 Å². The van der Waals surface area contributed by atoms with Gasteiger partial charge in [0.25, 0.3) is 0 Å². The summed E-state index contributed by atoms with van der Waals surface area (Å²) in [6.07, 6.45) is 0. The summed E-state index contributed by atoms with van der Waals surface area (Å²) >= 11 is 1.25. The minimum atomic E-state index is 0.114. The van der Waals surface area contributed by atoms with Crippen LogP contribution in [-0.4, -0.2) is 12.2 Å².